The second-order valence-corrected chi connectivity index (χ2v) is 6.36. The van der Waals surface area contributed by atoms with Crippen LogP contribution in [-0.4, -0.2) is 36.6 Å². The first-order valence-electron chi connectivity index (χ1n) is 7.82. The highest BCUT2D eigenvalue weighted by Gasteiger charge is 2.19. The van der Waals surface area contributed by atoms with Crippen molar-refractivity contribution >= 4 is 24.0 Å². The lowest BCUT2D eigenvalue weighted by Crippen LogP contribution is -2.36. The minimum Gasteiger partial charge on any atom is -0.444 e. The van der Waals surface area contributed by atoms with Crippen LogP contribution in [-0.2, 0) is 6.54 Å². The summed E-state index contributed by atoms with van der Waals surface area (Å²) in [6.07, 6.45) is 4.27. The molecule has 23 heavy (non-hydrogen) atoms. The summed E-state index contributed by atoms with van der Waals surface area (Å²) < 4.78 is 5.60. The van der Waals surface area contributed by atoms with Crippen molar-refractivity contribution in [3.8, 4) is 11.5 Å². The van der Waals surface area contributed by atoms with Gasteiger partial charge in [-0.05, 0) is 69.7 Å². The van der Waals surface area contributed by atoms with Crippen LogP contribution in [0.3, 0.4) is 0 Å². The van der Waals surface area contributed by atoms with Crippen LogP contribution >= 0.6 is 24.0 Å². The number of nitrogens with one attached hydrogen (secondary N) is 1. The van der Waals surface area contributed by atoms with Crippen LogP contribution in [0.25, 0.3) is 11.5 Å². The van der Waals surface area contributed by atoms with Crippen molar-refractivity contribution in [2.75, 3.05) is 26.7 Å². The van der Waals surface area contributed by atoms with Crippen LogP contribution < -0.4 is 5.32 Å². The largest absolute Gasteiger partial charge is 0.444 e. The van der Waals surface area contributed by atoms with Crippen molar-refractivity contribution in [3.63, 3.8) is 0 Å². The Bertz CT molecular complexity index is 592. The number of benzene rings is 1. The molecule has 6 heteroatoms. The fraction of sp³-hybridized carbons (Fsp3) is 0.471. The zero-order valence-corrected chi connectivity index (χ0v) is 14.9. The summed E-state index contributed by atoms with van der Waals surface area (Å²) >= 11 is 5.91. The molecule has 1 aliphatic rings. The van der Waals surface area contributed by atoms with Crippen LogP contribution in [0.1, 0.15) is 18.5 Å². The maximum Gasteiger partial charge on any atom is 0.226 e. The summed E-state index contributed by atoms with van der Waals surface area (Å²) in [5, 5.41) is 3.99. The average molecular weight is 356 g/mol. The fourth-order valence-corrected chi connectivity index (χ4v) is 3.10. The molecule has 2 heterocycles. The van der Waals surface area contributed by atoms with Gasteiger partial charge in [0.25, 0.3) is 0 Å². The van der Waals surface area contributed by atoms with Gasteiger partial charge < -0.3 is 9.73 Å². The van der Waals surface area contributed by atoms with E-state index in [1.54, 1.807) is 6.26 Å². The van der Waals surface area contributed by atoms with Crippen molar-refractivity contribution in [1.29, 1.82) is 0 Å². The van der Waals surface area contributed by atoms with Crippen molar-refractivity contribution in [3.05, 3.63) is 41.2 Å². The van der Waals surface area contributed by atoms with Crippen molar-refractivity contribution < 1.29 is 4.42 Å². The first-order chi connectivity index (χ1) is 10.7. The highest BCUT2D eigenvalue weighted by molar-refractivity contribution is 6.30. The van der Waals surface area contributed by atoms with E-state index in [1.807, 2.05) is 31.3 Å². The monoisotopic (exact) mass is 355 g/mol. The maximum absolute atomic E-state index is 5.91. The van der Waals surface area contributed by atoms with Gasteiger partial charge in [0.05, 0.1) is 5.69 Å². The number of nitrogens with zero attached hydrogens (tertiary/aromatic N) is 2. The second kappa shape index (κ2) is 8.69. The Morgan fingerprint density at radius 2 is 1.96 bits per heavy atom. The Labute approximate surface area is 148 Å². The number of piperidine rings is 1. The first-order valence-corrected chi connectivity index (χ1v) is 8.19. The zero-order chi connectivity index (χ0) is 15.4. The molecule has 0 unspecified atom stereocenters. The average Bonchev–Trinajstić information content (AvgIpc) is 2.99. The molecule has 2 aromatic rings. The van der Waals surface area contributed by atoms with Gasteiger partial charge in [-0.3, -0.25) is 4.90 Å². The molecule has 0 spiro atoms. The molecule has 0 radical (unpaired) electrons. The van der Waals surface area contributed by atoms with E-state index in [0.29, 0.717) is 5.89 Å². The van der Waals surface area contributed by atoms with Crippen molar-refractivity contribution in [2.45, 2.75) is 19.4 Å². The first kappa shape index (κ1) is 18.3. The Balaban J connectivity index is 0.00000192. The number of halogens is 2. The van der Waals surface area contributed by atoms with Gasteiger partial charge in [-0.15, -0.1) is 12.4 Å². The van der Waals surface area contributed by atoms with E-state index in [4.69, 9.17) is 16.0 Å². The lowest BCUT2D eigenvalue weighted by Gasteiger charge is -2.31. The van der Waals surface area contributed by atoms with Crippen LogP contribution in [0, 0.1) is 5.92 Å². The Kier molecular flexibility index (Phi) is 6.90. The lowest BCUT2D eigenvalue weighted by atomic mass is 9.97. The van der Waals surface area contributed by atoms with Gasteiger partial charge in [-0.25, -0.2) is 4.98 Å². The molecular formula is C17H23Cl2N3O. The molecule has 0 amide bonds. The Morgan fingerprint density at radius 3 is 2.61 bits per heavy atom. The topological polar surface area (TPSA) is 41.3 Å². The minimum absolute atomic E-state index is 0. The smallest absolute Gasteiger partial charge is 0.226 e. The van der Waals surface area contributed by atoms with Gasteiger partial charge in [0, 0.05) is 17.1 Å². The molecule has 126 valence electrons. The SMILES string of the molecule is CNCC1CCN(Cc2coc(-c3ccc(Cl)cc3)n2)CC1.Cl. The van der Waals surface area contributed by atoms with E-state index in [2.05, 4.69) is 15.2 Å². The molecule has 1 saturated heterocycles. The van der Waals surface area contributed by atoms with Crippen LogP contribution in [0.2, 0.25) is 5.02 Å². The fourth-order valence-electron chi connectivity index (χ4n) is 2.97. The molecule has 1 aromatic heterocycles. The van der Waals surface area contributed by atoms with Crippen LogP contribution in [0.5, 0.6) is 0 Å². The molecule has 3 rings (SSSR count). The lowest BCUT2D eigenvalue weighted by molar-refractivity contribution is 0.175. The number of hydrogen-bond donors (Lipinski definition) is 1. The molecule has 1 aromatic carbocycles. The highest BCUT2D eigenvalue weighted by Crippen LogP contribution is 2.22. The van der Waals surface area contributed by atoms with Gasteiger partial charge >= 0.3 is 0 Å². The zero-order valence-electron chi connectivity index (χ0n) is 13.3. The Morgan fingerprint density at radius 1 is 1.26 bits per heavy atom. The predicted octanol–water partition coefficient (Wildman–Crippen LogP) is 3.85. The molecule has 0 atom stereocenters. The second-order valence-electron chi connectivity index (χ2n) is 5.93. The van der Waals surface area contributed by atoms with Gasteiger partial charge in [-0.1, -0.05) is 11.6 Å². The molecule has 0 bridgehead atoms. The molecule has 1 N–H and O–H groups in total. The highest BCUT2D eigenvalue weighted by atomic mass is 35.5. The molecule has 1 aliphatic heterocycles. The summed E-state index contributed by atoms with van der Waals surface area (Å²) in [5.41, 5.74) is 1.96. The van der Waals surface area contributed by atoms with E-state index in [9.17, 15) is 0 Å². The quantitative estimate of drug-likeness (QED) is 0.884. The number of oxazole rings is 1. The third kappa shape index (κ3) is 4.95. The minimum atomic E-state index is 0. The van der Waals surface area contributed by atoms with E-state index >= 15 is 0 Å². The van der Waals surface area contributed by atoms with E-state index < -0.39 is 0 Å². The third-order valence-electron chi connectivity index (χ3n) is 4.23. The van der Waals surface area contributed by atoms with Crippen molar-refractivity contribution in [1.82, 2.24) is 15.2 Å². The molecule has 1 fully saturated rings. The van der Waals surface area contributed by atoms with E-state index in [0.717, 1.165) is 48.4 Å². The van der Waals surface area contributed by atoms with Gasteiger partial charge in [0.1, 0.15) is 6.26 Å². The maximum atomic E-state index is 5.91. The number of rotatable bonds is 5. The van der Waals surface area contributed by atoms with Crippen molar-refractivity contribution in [2.24, 2.45) is 5.92 Å². The molecule has 0 saturated carbocycles. The summed E-state index contributed by atoms with van der Waals surface area (Å²) in [6.45, 7) is 4.26. The number of aromatic nitrogens is 1. The Hall–Kier alpha value is -1.07. The number of hydrogen-bond acceptors (Lipinski definition) is 4. The molecular weight excluding hydrogens is 333 g/mol. The summed E-state index contributed by atoms with van der Waals surface area (Å²) in [4.78, 5) is 7.05. The number of likely N-dealkylation sites (tertiary alicyclic amines) is 1. The summed E-state index contributed by atoms with van der Waals surface area (Å²) in [5.74, 6) is 1.47. The summed E-state index contributed by atoms with van der Waals surface area (Å²) in [6, 6.07) is 7.57. The van der Waals surface area contributed by atoms with E-state index in [-0.39, 0.29) is 12.4 Å². The molecule has 0 aliphatic carbocycles. The van der Waals surface area contributed by atoms with Gasteiger partial charge in [-0.2, -0.15) is 0 Å². The van der Waals surface area contributed by atoms with Crippen LogP contribution in [0.4, 0.5) is 0 Å². The third-order valence-corrected chi connectivity index (χ3v) is 4.48. The predicted molar refractivity (Wildman–Crippen MR) is 96.1 cm³/mol. The van der Waals surface area contributed by atoms with Gasteiger partial charge in [0.15, 0.2) is 0 Å². The van der Waals surface area contributed by atoms with Gasteiger partial charge in [0.2, 0.25) is 5.89 Å². The summed E-state index contributed by atoms with van der Waals surface area (Å²) in [7, 11) is 2.03. The molecule has 4 nitrogen and oxygen atoms in total. The normalized spacial score (nSPS) is 16.3. The standard InChI is InChI=1S/C17H22ClN3O.ClH/c1-19-10-13-6-8-21(9-7-13)11-16-12-22-17(20-16)14-2-4-15(18)5-3-14;/h2-5,12-13,19H,6-11H2,1H3;1H. The van der Waals surface area contributed by atoms with Crippen LogP contribution in [0.15, 0.2) is 34.9 Å². The van der Waals surface area contributed by atoms with E-state index in [1.165, 1.54) is 12.8 Å².